The molecule has 0 saturated heterocycles. The Kier molecular flexibility index (Phi) is 2.67. The molecule has 1 aromatic carbocycles. The summed E-state index contributed by atoms with van der Waals surface area (Å²) in [5.74, 6) is 0. The average Bonchev–Trinajstić information content (AvgIpc) is 3.04. The normalized spacial score (nSPS) is 11.2. The summed E-state index contributed by atoms with van der Waals surface area (Å²) in [5, 5.41) is 1.32. The van der Waals surface area contributed by atoms with Crippen LogP contribution in [0.4, 0.5) is 0 Å². The summed E-state index contributed by atoms with van der Waals surface area (Å²) in [6, 6.07) is 6.51. The summed E-state index contributed by atoms with van der Waals surface area (Å²) in [6.07, 6.45) is 8.09. The van der Waals surface area contributed by atoms with E-state index in [1.807, 2.05) is 6.33 Å². The molecule has 3 heteroatoms. The summed E-state index contributed by atoms with van der Waals surface area (Å²) in [7, 11) is 0. The lowest BCUT2D eigenvalue weighted by molar-refractivity contribution is 1.06. The van der Waals surface area contributed by atoms with Crippen LogP contribution in [0, 0.1) is 0 Å². The molecular formula is C15H17N3. The van der Waals surface area contributed by atoms with Crippen LogP contribution in [0.1, 0.15) is 25.1 Å². The van der Waals surface area contributed by atoms with Crippen LogP contribution in [0.15, 0.2) is 36.9 Å². The predicted molar refractivity (Wildman–Crippen MR) is 74.2 cm³/mol. The van der Waals surface area contributed by atoms with Gasteiger partial charge in [-0.05, 0) is 30.5 Å². The standard InChI is InChI=1S/C15H17N3/c1-3-11-8-16-15-7-13(5-6-14(11)15)18-9-12(4-2)17-10-18/h5-10,16H,3-4H2,1-2H3. The summed E-state index contributed by atoms with van der Waals surface area (Å²) in [5.41, 5.74) is 4.84. The maximum Gasteiger partial charge on any atom is 0.0995 e. The van der Waals surface area contributed by atoms with E-state index >= 15 is 0 Å². The van der Waals surface area contributed by atoms with Crippen molar-refractivity contribution in [1.29, 1.82) is 0 Å². The number of hydrogen-bond acceptors (Lipinski definition) is 1. The highest BCUT2D eigenvalue weighted by Gasteiger charge is 2.04. The summed E-state index contributed by atoms with van der Waals surface area (Å²) in [4.78, 5) is 7.70. The second-order valence-electron chi connectivity index (χ2n) is 4.52. The number of imidazole rings is 1. The van der Waals surface area contributed by atoms with Crippen LogP contribution < -0.4 is 0 Å². The van der Waals surface area contributed by atoms with Gasteiger partial charge in [-0.2, -0.15) is 0 Å². The zero-order chi connectivity index (χ0) is 12.5. The molecule has 0 atom stereocenters. The Morgan fingerprint density at radius 1 is 1.22 bits per heavy atom. The maximum absolute atomic E-state index is 4.37. The second kappa shape index (κ2) is 4.33. The van der Waals surface area contributed by atoms with E-state index in [4.69, 9.17) is 0 Å². The monoisotopic (exact) mass is 239 g/mol. The molecule has 18 heavy (non-hydrogen) atoms. The van der Waals surface area contributed by atoms with Crippen molar-refractivity contribution in [2.24, 2.45) is 0 Å². The minimum Gasteiger partial charge on any atom is -0.361 e. The molecule has 3 nitrogen and oxygen atoms in total. The number of fused-ring (bicyclic) bond motifs is 1. The second-order valence-corrected chi connectivity index (χ2v) is 4.52. The fourth-order valence-corrected chi connectivity index (χ4v) is 2.31. The molecule has 2 aromatic heterocycles. The van der Waals surface area contributed by atoms with Crippen LogP contribution in [0.3, 0.4) is 0 Å². The molecule has 0 aliphatic heterocycles. The van der Waals surface area contributed by atoms with Crippen LogP contribution >= 0.6 is 0 Å². The predicted octanol–water partition coefficient (Wildman–Crippen LogP) is 3.48. The first-order valence-electron chi connectivity index (χ1n) is 6.45. The number of aromatic amines is 1. The highest BCUT2D eigenvalue weighted by molar-refractivity contribution is 5.85. The van der Waals surface area contributed by atoms with Crippen molar-refractivity contribution in [3.63, 3.8) is 0 Å². The summed E-state index contributed by atoms with van der Waals surface area (Å²) >= 11 is 0. The minimum atomic E-state index is 0.970. The van der Waals surface area contributed by atoms with Gasteiger partial charge in [0, 0.05) is 29.0 Å². The van der Waals surface area contributed by atoms with Gasteiger partial charge in [-0.3, -0.25) is 0 Å². The molecule has 0 amide bonds. The molecule has 0 saturated carbocycles. The number of nitrogens with one attached hydrogen (secondary N) is 1. The Hall–Kier alpha value is -2.03. The molecule has 0 fully saturated rings. The number of aryl methyl sites for hydroxylation is 2. The number of aromatic nitrogens is 3. The Morgan fingerprint density at radius 3 is 2.83 bits per heavy atom. The zero-order valence-electron chi connectivity index (χ0n) is 10.8. The largest absolute Gasteiger partial charge is 0.361 e. The van der Waals surface area contributed by atoms with Gasteiger partial charge in [-0.25, -0.2) is 4.98 Å². The van der Waals surface area contributed by atoms with Crippen molar-refractivity contribution in [3.05, 3.63) is 48.2 Å². The van der Waals surface area contributed by atoms with Crippen molar-refractivity contribution in [1.82, 2.24) is 14.5 Å². The molecule has 0 bridgehead atoms. The zero-order valence-corrected chi connectivity index (χ0v) is 10.8. The van der Waals surface area contributed by atoms with Crippen molar-refractivity contribution in [2.75, 3.05) is 0 Å². The molecule has 92 valence electrons. The molecule has 1 N–H and O–H groups in total. The molecule has 3 rings (SSSR count). The Morgan fingerprint density at radius 2 is 2.11 bits per heavy atom. The van der Waals surface area contributed by atoms with E-state index in [2.05, 4.69) is 59.0 Å². The Bertz CT molecular complexity index is 676. The average molecular weight is 239 g/mol. The van der Waals surface area contributed by atoms with Gasteiger partial charge >= 0.3 is 0 Å². The quantitative estimate of drug-likeness (QED) is 0.746. The van der Waals surface area contributed by atoms with Gasteiger partial charge in [-0.1, -0.05) is 19.9 Å². The Balaban J connectivity index is 2.07. The lowest BCUT2D eigenvalue weighted by Gasteiger charge is -2.02. The number of hydrogen-bond donors (Lipinski definition) is 1. The van der Waals surface area contributed by atoms with Crippen LogP contribution in [0.2, 0.25) is 0 Å². The number of rotatable bonds is 3. The van der Waals surface area contributed by atoms with Crippen LogP contribution in [-0.2, 0) is 12.8 Å². The first kappa shape index (κ1) is 11.1. The first-order valence-corrected chi connectivity index (χ1v) is 6.45. The van der Waals surface area contributed by atoms with Gasteiger partial charge in [0.2, 0.25) is 0 Å². The van der Waals surface area contributed by atoms with E-state index in [0.29, 0.717) is 0 Å². The molecule has 0 radical (unpaired) electrons. The van der Waals surface area contributed by atoms with E-state index in [1.54, 1.807) is 0 Å². The SMILES string of the molecule is CCc1cn(-c2ccc3c(CC)c[nH]c3c2)cn1. The number of nitrogens with zero attached hydrogens (tertiary/aromatic N) is 2. The van der Waals surface area contributed by atoms with Gasteiger partial charge < -0.3 is 9.55 Å². The third-order valence-corrected chi connectivity index (χ3v) is 3.43. The highest BCUT2D eigenvalue weighted by Crippen LogP contribution is 2.22. The van der Waals surface area contributed by atoms with Crippen LogP contribution in [0.25, 0.3) is 16.6 Å². The molecule has 0 spiro atoms. The van der Waals surface area contributed by atoms with Crippen LogP contribution in [-0.4, -0.2) is 14.5 Å². The lowest BCUT2D eigenvalue weighted by atomic mass is 10.1. The molecule has 2 heterocycles. The van der Waals surface area contributed by atoms with Gasteiger partial charge in [0.15, 0.2) is 0 Å². The molecule has 0 unspecified atom stereocenters. The lowest BCUT2D eigenvalue weighted by Crippen LogP contribution is -1.89. The fraction of sp³-hybridized carbons (Fsp3) is 0.267. The first-order chi connectivity index (χ1) is 8.81. The highest BCUT2D eigenvalue weighted by atomic mass is 15.0. The smallest absolute Gasteiger partial charge is 0.0995 e. The van der Waals surface area contributed by atoms with Gasteiger partial charge in [0.25, 0.3) is 0 Å². The third kappa shape index (κ3) is 1.72. The summed E-state index contributed by atoms with van der Waals surface area (Å²) in [6.45, 7) is 4.30. The van der Waals surface area contributed by atoms with E-state index in [0.717, 1.165) is 24.2 Å². The van der Waals surface area contributed by atoms with Gasteiger partial charge in [0.05, 0.1) is 12.0 Å². The fourth-order valence-electron chi connectivity index (χ4n) is 2.31. The van der Waals surface area contributed by atoms with Crippen molar-refractivity contribution < 1.29 is 0 Å². The molecular weight excluding hydrogens is 222 g/mol. The maximum atomic E-state index is 4.37. The van der Waals surface area contributed by atoms with E-state index in [1.165, 1.54) is 16.5 Å². The molecule has 0 aliphatic rings. The number of benzene rings is 1. The topological polar surface area (TPSA) is 33.6 Å². The van der Waals surface area contributed by atoms with E-state index in [9.17, 15) is 0 Å². The Labute approximate surface area is 106 Å². The minimum absolute atomic E-state index is 0.970. The van der Waals surface area contributed by atoms with E-state index in [-0.39, 0.29) is 0 Å². The summed E-state index contributed by atoms with van der Waals surface area (Å²) < 4.78 is 2.07. The van der Waals surface area contributed by atoms with Gasteiger partial charge in [-0.15, -0.1) is 0 Å². The van der Waals surface area contributed by atoms with Gasteiger partial charge in [0.1, 0.15) is 0 Å². The number of H-pyrrole nitrogens is 1. The van der Waals surface area contributed by atoms with Crippen molar-refractivity contribution in [2.45, 2.75) is 26.7 Å². The third-order valence-electron chi connectivity index (χ3n) is 3.43. The van der Waals surface area contributed by atoms with Crippen LogP contribution in [0.5, 0.6) is 0 Å². The molecule has 3 aromatic rings. The molecule has 0 aliphatic carbocycles. The van der Waals surface area contributed by atoms with E-state index < -0.39 is 0 Å². The van der Waals surface area contributed by atoms with Crippen molar-refractivity contribution in [3.8, 4) is 5.69 Å². The van der Waals surface area contributed by atoms with Crippen molar-refractivity contribution >= 4 is 10.9 Å².